The van der Waals surface area contributed by atoms with Crippen molar-refractivity contribution in [2.75, 3.05) is 26.2 Å². The molecule has 1 saturated heterocycles. The van der Waals surface area contributed by atoms with Crippen LogP contribution in [0.25, 0.3) is 11.0 Å². The molecule has 10 heteroatoms. The highest BCUT2D eigenvalue weighted by atomic mass is 19.3. The summed E-state index contributed by atoms with van der Waals surface area (Å²) in [6.45, 7) is 4.08. The van der Waals surface area contributed by atoms with Gasteiger partial charge >= 0.3 is 6.61 Å². The molecule has 0 unspecified atom stereocenters. The summed E-state index contributed by atoms with van der Waals surface area (Å²) in [4.78, 5) is 34.4. The Morgan fingerprint density at radius 1 is 1.00 bits per heavy atom. The molecule has 3 aromatic rings. The van der Waals surface area contributed by atoms with Crippen LogP contribution in [-0.2, 0) is 7.05 Å². The molecule has 34 heavy (non-hydrogen) atoms. The summed E-state index contributed by atoms with van der Waals surface area (Å²) >= 11 is 0. The number of carbonyl (C=O) groups is 2. The summed E-state index contributed by atoms with van der Waals surface area (Å²) in [5, 5.41) is 5.17. The van der Waals surface area contributed by atoms with E-state index < -0.39 is 12.5 Å². The van der Waals surface area contributed by atoms with Crippen LogP contribution in [0.1, 0.15) is 51.9 Å². The van der Waals surface area contributed by atoms with E-state index in [0.717, 1.165) is 16.8 Å². The van der Waals surface area contributed by atoms with Crippen molar-refractivity contribution < 1.29 is 23.1 Å². The smallest absolute Gasteiger partial charge is 0.387 e. The standard InChI is InChI=1S/C24H27F2N5O3/c1-14(2)18-13-17(20-15(3)28-29(4)21(20)27-18)23(33)31-11-9-30(10-12-31)22(32)16-7-5-6-8-19(16)34-24(25)26/h5-8,13-14,24H,9-12H2,1-4H3. The molecule has 0 spiro atoms. The molecular weight excluding hydrogens is 444 g/mol. The molecule has 0 N–H and O–H groups in total. The van der Waals surface area contributed by atoms with Gasteiger partial charge in [-0.3, -0.25) is 14.3 Å². The van der Waals surface area contributed by atoms with Gasteiger partial charge in [-0.15, -0.1) is 0 Å². The van der Waals surface area contributed by atoms with Crippen LogP contribution in [0.3, 0.4) is 0 Å². The molecule has 0 aliphatic carbocycles. The van der Waals surface area contributed by atoms with Gasteiger partial charge in [0.15, 0.2) is 5.65 Å². The number of fused-ring (bicyclic) bond motifs is 1. The number of ether oxygens (including phenoxy) is 1. The lowest BCUT2D eigenvalue weighted by Crippen LogP contribution is -2.50. The van der Waals surface area contributed by atoms with Gasteiger partial charge in [-0.1, -0.05) is 26.0 Å². The molecule has 0 atom stereocenters. The molecule has 1 aliphatic heterocycles. The van der Waals surface area contributed by atoms with Gasteiger partial charge in [-0.05, 0) is 31.0 Å². The van der Waals surface area contributed by atoms with E-state index in [-0.39, 0.29) is 36.2 Å². The van der Waals surface area contributed by atoms with Crippen molar-refractivity contribution in [1.29, 1.82) is 0 Å². The van der Waals surface area contributed by atoms with Gasteiger partial charge in [0, 0.05) is 38.9 Å². The van der Waals surface area contributed by atoms with E-state index in [2.05, 4.69) is 9.84 Å². The maximum Gasteiger partial charge on any atom is 0.387 e. The fraction of sp³-hybridized carbons (Fsp3) is 0.417. The number of piperazine rings is 1. The molecule has 0 radical (unpaired) electrons. The molecule has 8 nitrogen and oxygen atoms in total. The summed E-state index contributed by atoms with van der Waals surface area (Å²) in [6.07, 6.45) is 0. The Hall–Kier alpha value is -3.56. The Kier molecular flexibility index (Phi) is 6.49. The zero-order valence-corrected chi connectivity index (χ0v) is 19.6. The Morgan fingerprint density at radius 2 is 1.59 bits per heavy atom. The summed E-state index contributed by atoms with van der Waals surface area (Å²) < 4.78 is 31.6. The molecule has 2 aromatic heterocycles. The normalized spacial score (nSPS) is 14.4. The second-order valence-corrected chi connectivity index (χ2v) is 8.62. The Balaban J connectivity index is 1.54. The van der Waals surface area contributed by atoms with Crippen molar-refractivity contribution in [1.82, 2.24) is 24.6 Å². The predicted octanol–water partition coefficient (Wildman–Crippen LogP) is 3.60. The molecule has 180 valence electrons. The number of amides is 2. The fourth-order valence-corrected chi connectivity index (χ4v) is 4.22. The van der Waals surface area contributed by atoms with Crippen LogP contribution in [-0.4, -0.2) is 69.2 Å². The lowest BCUT2D eigenvalue weighted by molar-refractivity contribution is -0.0503. The van der Waals surface area contributed by atoms with Crippen molar-refractivity contribution in [3.8, 4) is 5.75 Å². The average molecular weight is 472 g/mol. The monoisotopic (exact) mass is 471 g/mol. The van der Waals surface area contributed by atoms with E-state index in [9.17, 15) is 18.4 Å². The van der Waals surface area contributed by atoms with Crippen LogP contribution in [0.15, 0.2) is 30.3 Å². The van der Waals surface area contributed by atoms with Crippen molar-refractivity contribution in [3.05, 3.63) is 52.8 Å². The van der Waals surface area contributed by atoms with Gasteiger partial charge in [0.1, 0.15) is 5.75 Å². The number of aryl methyl sites for hydroxylation is 2. The highest BCUT2D eigenvalue weighted by Crippen LogP contribution is 2.27. The number of alkyl halides is 2. The maximum absolute atomic E-state index is 13.5. The quantitative estimate of drug-likeness (QED) is 0.568. The van der Waals surface area contributed by atoms with E-state index in [0.29, 0.717) is 24.3 Å². The average Bonchev–Trinajstić information content (AvgIpc) is 3.11. The van der Waals surface area contributed by atoms with Gasteiger partial charge in [-0.25, -0.2) is 4.98 Å². The second-order valence-electron chi connectivity index (χ2n) is 8.62. The number of hydrogen-bond acceptors (Lipinski definition) is 5. The van der Waals surface area contributed by atoms with E-state index >= 15 is 0 Å². The first kappa shape index (κ1) is 23.6. The molecule has 4 rings (SSSR count). The van der Waals surface area contributed by atoms with Crippen molar-refractivity contribution >= 4 is 22.8 Å². The Morgan fingerprint density at radius 3 is 2.18 bits per heavy atom. The number of para-hydroxylation sites is 1. The van der Waals surface area contributed by atoms with Crippen LogP contribution in [0.5, 0.6) is 5.75 Å². The summed E-state index contributed by atoms with van der Waals surface area (Å²) in [7, 11) is 1.81. The van der Waals surface area contributed by atoms with Gasteiger partial charge < -0.3 is 14.5 Å². The third kappa shape index (κ3) is 4.44. The minimum atomic E-state index is -3.02. The third-order valence-electron chi connectivity index (χ3n) is 6.00. The molecular formula is C24H27F2N5O3. The Bertz CT molecular complexity index is 1230. The van der Waals surface area contributed by atoms with Crippen LogP contribution >= 0.6 is 0 Å². The topological polar surface area (TPSA) is 80.6 Å². The van der Waals surface area contributed by atoms with Gasteiger partial charge in [0.2, 0.25) is 0 Å². The number of benzene rings is 1. The fourth-order valence-electron chi connectivity index (χ4n) is 4.22. The van der Waals surface area contributed by atoms with Gasteiger partial charge in [-0.2, -0.15) is 13.9 Å². The summed E-state index contributed by atoms with van der Waals surface area (Å²) in [5.74, 6) is -0.566. The minimum absolute atomic E-state index is 0.0750. The molecule has 3 heterocycles. The number of halogens is 2. The van der Waals surface area contributed by atoms with Crippen molar-refractivity contribution in [2.24, 2.45) is 7.05 Å². The number of rotatable bonds is 5. The highest BCUT2D eigenvalue weighted by molar-refractivity contribution is 6.06. The SMILES string of the molecule is Cc1nn(C)c2nc(C(C)C)cc(C(=O)N3CCN(C(=O)c4ccccc4OC(F)F)CC3)c12. The predicted molar refractivity (Wildman–Crippen MR) is 122 cm³/mol. The highest BCUT2D eigenvalue weighted by Gasteiger charge is 2.29. The third-order valence-corrected chi connectivity index (χ3v) is 6.00. The van der Waals surface area contributed by atoms with E-state index in [1.807, 2.05) is 26.8 Å². The van der Waals surface area contributed by atoms with Crippen LogP contribution < -0.4 is 4.74 Å². The molecule has 1 aromatic carbocycles. The van der Waals surface area contributed by atoms with Crippen molar-refractivity contribution in [2.45, 2.75) is 33.3 Å². The first-order valence-corrected chi connectivity index (χ1v) is 11.1. The molecule has 1 fully saturated rings. The first-order valence-electron chi connectivity index (χ1n) is 11.1. The number of carbonyl (C=O) groups excluding carboxylic acids is 2. The zero-order valence-electron chi connectivity index (χ0n) is 19.6. The largest absolute Gasteiger partial charge is 0.434 e. The van der Waals surface area contributed by atoms with E-state index in [1.54, 1.807) is 27.6 Å². The van der Waals surface area contributed by atoms with E-state index in [4.69, 9.17) is 4.98 Å². The summed E-state index contributed by atoms with van der Waals surface area (Å²) in [6, 6.07) is 7.77. The van der Waals surface area contributed by atoms with E-state index in [1.165, 1.54) is 18.2 Å². The van der Waals surface area contributed by atoms with Crippen LogP contribution in [0.4, 0.5) is 8.78 Å². The number of nitrogens with zero attached hydrogens (tertiary/aromatic N) is 5. The minimum Gasteiger partial charge on any atom is -0.434 e. The molecule has 1 aliphatic rings. The lowest BCUT2D eigenvalue weighted by atomic mass is 10.0. The van der Waals surface area contributed by atoms with Gasteiger partial charge in [0.05, 0.1) is 22.2 Å². The maximum atomic E-state index is 13.5. The lowest BCUT2D eigenvalue weighted by Gasteiger charge is -2.35. The first-order chi connectivity index (χ1) is 16.2. The van der Waals surface area contributed by atoms with Crippen LogP contribution in [0.2, 0.25) is 0 Å². The zero-order chi connectivity index (χ0) is 24.6. The molecule has 2 amide bonds. The van der Waals surface area contributed by atoms with Crippen LogP contribution in [0, 0.1) is 6.92 Å². The number of pyridine rings is 1. The second kappa shape index (κ2) is 9.36. The Labute approximate surface area is 196 Å². The number of aromatic nitrogens is 3. The van der Waals surface area contributed by atoms with Gasteiger partial charge in [0.25, 0.3) is 11.8 Å². The number of hydrogen-bond donors (Lipinski definition) is 0. The van der Waals surface area contributed by atoms with Crippen molar-refractivity contribution in [3.63, 3.8) is 0 Å². The summed E-state index contributed by atoms with van der Waals surface area (Å²) in [5.41, 5.74) is 2.83. The molecule has 0 bridgehead atoms. The molecule has 0 saturated carbocycles.